The highest BCUT2D eigenvalue weighted by atomic mass is 16.7. The Labute approximate surface area is 174 Å². The van der Waals surface area contributed by atoms with Crippen LogP contribution in [0.3, 0.4) is 0 Å². The maximum absolute atomic E-state index is 12.8. The number of allylic oxidation sites excluding steroid dienone is 3. The van der Waals surface area contributed by atoms with E-state index in [4.69, 9.17) is 4.84 Å². The molecule has 2 aromatic heterocycles. The summed E-state index contributed by atoms with van der Waals surface area (Å²) in [6.07, 6.45) is 6.40. The Morgan fingerprint density at radius 1 is 1.23 bits per heavy atom. The zero-order valence-electron chi connectivity index (χ0n) is 16.8. The molecule has 3 aromatic rings. The number of para-hydroxylation sites is 1. The molecule has 0 spiro atoms. The van der Waals surface area contributed by atoms with E-state index in [1.807, 2.05) is 34.9 Å². The maximum atomic E-state index is 12.8. The quantitative estimate of drug-likeness (QED) is 0.482. The lowest BCUT2D eigenvalue weighted by molar-refractivity contribution is -0.0760. The molecule has 30 heavy (non-hydrogen) atoms. The van der Waals surface area contributed by atoms with Crippen molar-refractivity contribution in [1.29, 1.82) is 0 Å². The number of anilines is 1. The molecule has 0 saturated carbocycles. The fraction of sp³-hybridized carbons (Fsp3) is 0.0870. The van der Waals surface area contributed by atoms with Crippen LogP contribution in [-0.2, 0) is 4.84 Å². The third-order valence-electron chi connectivity index (χ3n) is 4.48. The number of carbonyl (C=O) groups is 1. The van der Waals surface area contributed by atoms with Crippen molar-refractivity contribution in [2.75, 3.05) is 19.5 Å². The molecule has 0 bridgehead atoms. The van der Waals surface area contributed by atoms with Crippen molar-refractivity contribution in [2.24, 2.45) is 0 Å². The lowest BCUT2D eigenvalue weighted by atomic mass is 10.2. The van der Waals surface area contributed by atoms with Crippen LogP contribution in [0.1, 0.15) is 10.5 Å². The molecule has 0 unspecified atom stereocenters. The minimum absolute atomic E-state index is 0.152. The van der Waals surface area contributed by atoms with E-state index >= 15 is 0 Å². The second kappa shape index (κ2) is 9.02. The fourth-order valence-corrected chi connectivity index (χ4v) is 2.96. The van der Waals surface area contributed by atoms with Gasteiger partial charge in [-0.15, -0.1) is 0 Å². The minimum atomic E-state index is -0.428. The molecular weight excluding hydrogens is 380 g/mol. The van der Waals surface area contributed by atoms with Gasteiger partial charge in [0.15, 0.2) is 5.43 Å². The highest BCUT2D eigenvalue weighted by Crippen LogP contribution is 2.24. The Kier molecular flexibility index (Phi) is 6.24. The average Bonchev–Trinajstić information content (AvgIpc) is 2.78. The Hall–Kier alpha value is -3.97. The molecule has 7 heteroatoms. The first kappa shape index (κ1) is 20.8. The van der Waals surface area contributed by atoms with E-state index < -0.39 is 5.91 Å². The fourth-order valence-electron chi connectivity index (χ4n) is 2.96. The smallest absolute Gasteiger partial charge is 0.295 e. The third kappa shape index (κ3) is 4.06. The Balaban J connectivity index is 2.34. The number of pyridine rings is 2. The summed E-state index contributed by atoms with van der Waals surface area (Å²) in [6, 6.07) is 12.6. The first-order valence-electron chi connectivity index (χ1n) is 9.15. The zero-order chi connectivity index (χ0) is 21.7. The Morgan fingerprint density at radius 2 is 1.97 bits per heavy atom. The summed E-state index contributed by atoms with van der Waals surface area (Å²) in [5.74, 6) is 0.0829. The van der Waals surface area contributed by atoms with Crippen LogP contribution in [0.25, 0.3) is 16.6 Å². The molecular formula is C23H22N4O3. The molecule has 7 nitrogen and oxygen atoms in total. The van der Waals surface area contributed by atoms with Crippen molar-refractivity contribution >= 4 is 22.6 Å². The largest absolute Gasteiger partial charge is 0.341 e. The SMILES string of the molecule is C=C/C=C(\C=C)Nc1cc(=O)c2cnc(C(=O)N(C)OC)cc2n1-c1ccccc1. The molecule has 152 valence electrons. The van der Waals surface area contributed by atoms with Crippen molar-refractivity contribution < 1.29 is 9.63 Å². The number of amides is 1. The molecule has 1 N–H and O–H groups in total. The van der Waals surface area contributed by atoms with Gasteiger partial charge in [0, 0.05) is 30.7 Å². The van der Waals surface area contributed by atoms with E-state index in [0.717, 1.165) is 10.8 Å². The standard InChI is InChI=1S/C23H22N4O3/c1-5-10-16(6-2)25-22-14-21(28)18-15-24-19(23(29)26(3)30-4)13-20(18)27(22)17-11-8-7-9-12-17/h5-15,25H,1-2H2,3-4H3/b16-10+. The topological polar surface area (TPSA) is 76.5 Å². The van der Waals surface area contributed by atoms with E-state index in [0.29, 0.717) is 22.4 Å². The van der Waals surface area contributed by atoms with Gasteiger partial charge in [0.05, 0.1) is 18.0 Å². The maximum Gasteiger partial charge on any atom is 0.295 e. The van der Waals surface area contributed by atoms with Crippen molar-refractivity contribution in [3.05, 3.63) is 102 Å². The van der Waals surface area contributed by atoms with Crippen LogP contribution in [0.2, 0.25) is 0 Å². The van der Waals surface area contributed by atoms with Gasteiger partial charge in [-0.3, -0.25) is 24.0 Å². The van der Waals surface area contributed by atoms with Gasteiger partial charge in [-0.2, -0.15) is 0 Å². The molecule has 0 saturated heterocycles. The number of hydrogen-bond donors (Lipinski definition) is 1. The van der Waals surface area contributed by atoms with Gasteiger partial charge in [0.25, 0.3) is 5.91 Å². The Bertz CT molecular complexity index is 1200. The van der Waals surface area contributed by atoms with Gasteiger partial charge >= 0.3 is 0 Å². The predicted octanol–water partition coefficient (Wildman–Crippen LogP) is 3.69. The van der Waals surface area contributed by atoms with Crippen LogP contribution in [0.15, 0.2) is 90.5 Å². The molecule has 0 radical (unpaired) electrons. The third-order valence-corrected chi connectivity index (χ3v) is 4.48. The number of nitrogens with one attached hydrogen (secondary N) is 1. The molecule has 1 aromatic carbocycles. The lowest BCUT2D eigenvalue weighted by Crippen LogP contribution is -2.26. The number of rotatable bonds is 7. The summed E-state index contributed by atoms with van der Waals surface area (Å²) in [7, 11) is 2.89. The predicted molar refractivity (Wildman–Crippen MR) is 119 cm³/mol. The molecule has 0 aliphatic rings. The number of fused-ring (bicyclic) bond motifs is 1. The van der Waals surface area contributed by atoms with E-state index in [1.54, 1.807) is 24.3 Å². The number of hydrogen-bond acceptors (Lipinski definition) is 5. The summed E-state index contributed by atoms with van der Waals surface area (Å²) in [5.41, 5.74) is 1.92. The van der Waals surface area contributed by atoms with Gasteiger partial charge in [0.2, 0.25) is 0 Å². The molecule has 0 atom stereocenters. The second-order valence-corrected chi connectivity index (χ2v) is 6.32. The molecule has 0 aliphatic heterocycles. The van der Waals surface area contributed by atoms with Crippen LogP contribution < -0.4 is 10.7 Å². The van der Waals surface area contributed by atoms with E-state index in [-0.39, 0.29) is 11.1 Å². The molecule has 1 amide bonds. The first-order chi connectivity index (χ1) is 14.5. The molecule has 0 fully saturated rings. The summed E-state index contributed by atoms with van der Waals surface area (Å²) >= 11 is 0. The van der Waals surface area contributed by atoms with Crippen molar-refractivity contribution in [3.8, 4) is 5.69 Å². The number of aromatic nitrogens is 2. The van der Waals surface area contributed by atoms with E-state index in [9.17, 15) is 9.59 Å². The van der Waals surface area contributed by atoms with Crippen LogP contribution in [0, 0.1) is 0 Å². The van der Waals surface area contributed by atoms with Gasteiger partial charge in [-0.25, -0.2) is 5.06 Å². The van der Waals surface area contributed by atoms with Crippen LogP contribution in [0.5, 0.6) is 0 Å². The van der Waals surface area contributed by atoms with Crippen LogP contribution >= 0.6 is 0 Å². The van der Waals surface area contributed by atoms with E-state index in [1.165, 1.54) is 26.4 Å². The molecule has 0 aliphatic carbocycles. The second-order valence-electron chi connectivity index (χ2n) is 6.32. The number of hydroxylamine groups is 2. The lowest BCUT2D eigenvalue weighted by Gasteiger charge is -2.19. The molecule has 2 heterocycles. The number of benzene rings is 1. The number of nitrogens with zero attached hydrogens (tertiary/aromatic N) is 3. The van der Waals surface area contributed by atoms with Crippen molar-refractivity contribution in [2.45, 2.75) is 0 Å². The number of carbonyl (C=O) groups excluding carboxylic acids is 1. The average molecular weight is 402 g/mol. The van der Waals surface area contributed by atoms with Gasteiger partial charge in [0.1, 0.15) is 11.5 Å². The summed E-state index contributed by atoms with van der Waals surface area (Å²) in [6.45, 7) is 7.49. The minimum Gasteiger partial charge on any atom is -0.341 e. The first-order valence-corrected chi connectivity index (χ1v) is 9.15. The normalized spacial score (nSPS) is 11.2. The van der Waals surface area contributed by atoms with Crippen LogP contribution in [-0.4, -0.2) is 34.7 Å². The van der Waals surface area contributed by atoms with Crippen LogP contribution in [0.4, 0.5) is 5.82 Å². The summed E-state index contributed by atoms with van der Waals surface area (Å²) in [4.78, 5) is 34.5. The van der Waals surface area contributed by atoms with Gasteiger partial charge < -0.3 is 5.32 Å². The highest BCUT2D eigenvalue weighted by Gasteiger charge is 2.17. The molecule has 3 rings (SSSR count). The van der Waals surface area contributed by atoms with Crippen molar-refractivity contribution in [1.82, 2.24) is 14.6 Å². The summed E-state index contributed by atoms with van der Waals surface area (Å²) in [5, 5.41) is 4.66. The van der Waals surface area contributed by atoms with Crippen molar-refractivity contribution in [3.63, 3.8) is 0 Å². The summed E-state index contributed by atoms with van der Waals surface area (Å²) < 4.78 is 1.85. The van der Waals surface area contributed by atoms with Gasteiger partial charge in [-0.05, 0) is 30.4 Å². The Morgan fingerprint density at radius 3 is 2.60 bits per heavy atom. The van der Waals surface area contributed by atoms with E-state index in [2.05, 4.69) is 23.5 Å². The monoisotopic (exact) mass is 402 g/mol. The van der Waals surface area contributed by atoms with Gasteiger partial charge in [-0.1, -0.05) is 37.4 Å². The zero-order valence-corrected chi connectivity index (χ0v) is 16.8. The highest BCUT2D eigenvalue weighted by molar-refractivity contribution is 5.95.